The minimum atomic E-state index is -0.483. The summed E-state index contributed by atoms with van der Waals surface area (Å²) in [6.07, 6.45) is 4.02. The summed E-state index contributed by atoms with van der Waals surface area (Å²) in [5.41, 5.74) is -0.0826. The topological polar surface area (TPSA) is 61.8 Å². The normalized spacial score (nSPS) is 32.3. The van der Waals surface area contributed by atoms with E-state index < -0.39 is 5.60 Å². The summed E-state index contributed by atoms with van der Waals surface area (Å²) in [7, 11) is 0. The summed E-state index contributed by atoms with van der Waals surface area (Å²) in [5, 5.41) is 13.1. The van der Waals surface area contributed by atoms with E-state index in [1.165, 1.54) is 12.8 Å². The highest BCUT2D eigenvalue weighted by molar-refractivity contribution is 5.68. The molecule has 1 amide bonds. The summed E-state index contributed by atoms with van der Waals surface area (Å²) in [6.45, 7) is 12.3. The van der Waals surface area contributed by atoms with Gasteiger partial charge in [-0.15, -0.1) is 0 Å². The maximum Gasteiger partial charge on any atom is 0.407 e. The number of nitrogens with zero attached hydrogens (tertiary/aromatic N) is 1. The van der Waals surface area contributed by atoms with Crippen LogP contribution in [0.2, 0.25) is 0 Å². The Hall–Kier alpha value is -0.810. The number of carbonyl (C=O) groups is 1. The fraction of sp³-hybridized carbons (Fsp3) is 0.944. The molecule has 0 aromatic carbocycles. The van der Waals surface area contributed by atoms with Crippen molar-refractivity contribution >= 4 is 6.09 Å². The van der Waals surface area contributed by atoms with Crippen LogP contribution >= 0.6 is 0 Å². The fourth-order valence-electron chi connectivity index (χ4n) is 3.62. The zero-order chi connectivity index (χ0) is 17.3. The maximum atomic E-state index is 12.1. The SMILES string of the molecule is CC1(C)CCN(C2CC(O)CCC2NC(=O)OC(C)(C)C)CC1. The van der Waals surface area contributed by atoms with Gasteiger partial charge in [0.2, 0.25) is 0 Å². The van der Waals surface area contributed by atoms with Crippen molar-refractivity contribution in [2.45, 2.75) is 90.5 Å². The standard InChI is InChI=1S/C18H34N2O3/c1-17(2,3)23-16(22)19-14-7-6-13(21)12-15(14)20-10-8-18(4,5)9-11-20/h13-15,21H,6-12H2,1-5H3,(H,19,22). The van der Waals surface area contributed by atoms with Gasteiger partial charge in [0.1, 0.15) is 5.60 Å². The average Bonchev–Trinajstić information content (AvgIpc) is 2.39. The number of alkyl carbamates (subject to hydrolysis) is 1. The Morgan fingerprint density at radius 3 is 2.39 bits per heavy atom. The third-order valence-electron chi connectivity index (χ3n) is 5.11. The van der Waals surface area contributed by atoms with Crippen molar-refractivity contribution < 1.29 is 14.6 Å². The summed E-state index contributed by atoms with van der Waals surface area (Å²) in [4.78, 5) is 14.6. The lowest BCUT2D eigenvalue weighted by molar-refractivity contribution is 0.00573. The molecule has 3 atom stereocenters. The Balaban J connectivity index is 1.97. The van der Waals surface area contributed by atoms with Crippen LogP contribution in [0.4, 0.5) is 4.79 Å². The first-order chi connectivity index (χ1) is 10.6. The van der Waals surface area contributed by atoms with E-state index in [1.807, 2.05) is 20.8 Å². The fourth-order valence-corrected chi connectivity index (χ4v) is 3.62. The Labute approximate surface area is 140 Å². The molecule has 1 heterocycles. The molecule has 1 aliphatic heterocycles. The first kappa shape index (κ1) is 18.5. The molecule has 0 aromatic heterocycles. The largest absolute Gasteiger partial charge is 0.444 e. The highest BCUT2D eigenvalue weighted by Crippen LogP contribution is 2.33. The summed E-state index contributed by atoms with van der Waals surface area (Å²) >= 11 is 0. The molecule has 1 aliphatic carbocycles. The van der Waals surface area contributed by atoms with Crippen LogP contribution in [0.3, 0.4) is 0 Å². The summed E-state index contributed by atoms with van der Waals surface area (Å²) < 4.78 is 5.40. The van der Waals surface area contributed by atoms with E-state index in [2.05, 4.69) is 24.1 Å². The molecule has 0 spiro atoms. The van der Waals surface area contributed by atoms with Crippen molar-refractivity contribution in [1.82, 2.24) is 10.2 Å². The number of carbonyl (C=O) groups excluding carboxylic acids is 1. The van der Waals surface area contributed by atoms with E-state index in [0.29, 0.717) is 5.41 Å². The second-order valence-corrected chi connectivity index (χ2v) is 8.99. The number of piperidine rings is 1. The summed E-state index contributed by atoms with van der Waals surface area (Å²) in [6, 6.07) is 0.275. The summed E-state index contributed by atoms with van der Waals surface area (Å²) in [5.74, 6) is 0. The number of ether oxygens (including phenoxy) is 1. The molecule has 23 heavy (non-hydrogen) atoms. The van der Waals surface area contributed by atoms with Crippen LogP contribution in [-0.4, -0.2) is 53.0 Å². The number of rotatable bonds is 2. The minimum absolute atomic E-state index is 0.0643. The molecule has 5 nitrogen and oxygen atoms in total. The van der Waals surface area contributed by atoms with Crippen LogP contribution in [0.15, 0.2) is 0 Å². The lowest BCUT2D eigenvalue weighted by atomic mass is 9.80. The van der Waals surface area contributed by atoms with Gasteiger partial charge in [0.05, 0.1) is 6.10 Å². The van der Waals surface area contributed by atoms with Crippen LogP contribution in [-0.2, 0) is 4.74 Å². The smallest absolute Gasteiger partial charge is 0.407 e. The molecule has 0 aromatic rings. The van der Waals surface area contributed by atoms with Crippen molar-refractivity contribution in [2.24, 2.45) is 5.41 Å². The van der Waals surface area contributed by atoms with Gasteiger partial charge in [-0.05, 0) is 71.4 Å². The monoisotopic (exact) mass is 326 g/mol. The van der Waals surface area contributed by atoms with Gasteiger partial charge >= 0.3 is 6.09 Å². The van der Waals surface area contributed by atoms with Crippen LogP contribution in [0, 0.1) is 5.41 Å². The Morgan fingerprint density at radius 1 is 1.22 bits per heavy atom. The van der Waals surface area contributed by atoms with E-state index in [1.54, 1.807) is 0 Å². The predicted molar refractivity (Wildman–Crippen MR) is 91.4 cm³/mol. The van der Waals surface area contributed by atoms with Crippen molar-refractivity contribution in [3.05, 3.63) is 0 Å². The van der Waals surface area contributed by atoms with Crippen molar-refractivity contribution in [1.29, 1.82) is 0 Å². The lowest BCUT2D eigenvalue weighted by Gasteiger charge is -2.46. The number of nitrogens with one attached hydrogen (secondary N) is 1. The quantitative estimate of drug-likeness (QED) is 0.819. The van der Waals surface area contributed by atoms with E-state index >= 15 is 0 Å². The zero-order valence-electron chi connectivity index (χ0n) is 15.4. The molecule has 2 fully saturated rings. The third kappa shape index (κ3) is 5.64. The lowest BCUT2D eigenvalue weighted by Crippen LogP contribution is -2.58. The van der Waals surface area contributed by atoms with Gasteiger partial charge in [-0.1, -0.05) is 13.8 Å². The van der Waals surface area contributed by atoms with E-state index in [-0.39, 0.29) is 24.3 Å². The molecule has 0 bridgehead atoms. The zero-order valence-corrected chi connectivity index (χ0v) is 15.4. The number of likely N-dealkylation sites (tertiary alicyclic amines) is 1. The van der Waals surface area contributed by atoms with Crippen LogP contribution in [0.5, 0.6) is 0 Å². The molecule has 2 rings (SSSR count). The van der Waals surface area contributed by atoms with E-state index in [9.17, 15) is 9.90 Å². The second kappa shape index (κ2) is 6.98. The van der Waals surface area contributed by atoms with Gasteiger partial charge in [0.25, 0.3) is 0 Å². The number of aliphatic hydroxyl groups is 1. The van der Waals surface area contributed by atoms with E-state index in [0.717, 1.165) is 32.4 Å². The highest BCUT2D eigenvalue weighted by atomic mass is 16.6. The van der Waals surface area contributed by atoms with Gasteiger partial charge in [-0.25, -0.2) is 4.79 Å². The van der Waals surface area contributed by atoms with Gasteiger partial charge < -0.3 is 15.2 Å². The molecule has 2 aliphatic rings. The van der Waals surface area contributed by atoms with Gasteiger partial charge in [0.15, 0.2) is 0 Å². The van der Waals surface area contributed by atoms with Gasteiger partial charge in [0, 0.05) is 12.1 Å². The molecule has 5 heteroatoms. The first-order valence-electron chi connectivity index (χ1n) is 8.97. The second-order valence-electron chi connectivity index (χ2n) is 8.99. The van der Waals surface area contributed by atoms with Crippen molar-refractivity contribution in [2.75, 3.05) is 13.1 Å². The molecule has 134 valence electrons. The number of aliphatic hydroxyl groups excluding tert-OH is 1. The predicted octanol–water partition coefficient (Wildman–Crippen LogP) is 2.92. The van der Waals surface area contributed by atoms with Gasteiger partial charge in [-0.3, -0.25) is 4.90 Å². The molecular formula is C18H34N2O3. The van der Waals surface area contributed by atoms with Crippen LogP contribution < -0.4 is 5.32 Å². The van der Waals surface area contributed by atoms with Crippen molar-refractivity contribution in [3.8, 4) is 0 Å². The Bertz CT molecular complexity index is 407. The minimum Gasteiger partial charge on any atom is -0.444 e. The Morgan fingerprint density at radius 2 is 1.83 bits per heavy atom. The molecule has 2 N–H and O–H groups in total. The maximum absolute atomic E-state index is 12.1. The van der Waals surface area contributed by atoms with Crippen LogP contribution in [0.1, 0.15) is 66.7 Å². The van der Waals surface area contributed by atoms with Crippen LogP contribution in [0.25, 0.3) is 0 Å². The van der Waals surface area contributed by atoms with Crippen molar-refractivity contribution in [3.63, 3.8) is 0 Å². The van der Waals surface area contributed by atoms with E-state index in [4.69, 9.17) is 4.74 Å². The third-order valence-corrected chi connectivity index (χ3v) is 5.11. The van der Waals surface area contributed by atoms with Gasteiger partial charge in [-0.2, -0.15) is 0 Å². The Kier molecular flexibility index (Phi) is 5.62. The molecule has 3 unspecified atom stereocenters. The highest BCUT2D eigenvalue weighted by Gasteiger charge is 2.38. The molecule has 0 radical (unpaired) electrons. The number of hydrogen-bond donors (Lipinski definition) is 2. The number of hydrogen-bond acceptors (Lipinski definition) is 4. The average molecular weight is 326 g/mol. The first-order valence-corrected chi connectivity index (χ1v) is 8.97. The molecule has 1 saturated carbocycles. The molecule has 1 saturated heterocycles. The molecular weight excluding hydrogens is 292 g/mol. The number of amides is 1.